The van der Waals surface area contributed by atoms with Gasteiger partial charge in [-0.1, -0.05) is 243 Å². The van der Waals surface area contributed by atoms with Crippen molar-refractivity contribution in [3.05, 3.63) is 283 Å². The Morgan fingerprint density at radius 1 is 0.403 bits per heavy atom. The van der Waals surface area contributed by atoms with Gasteiger partial charge in [-0.2, -0.15) is 0 Å². The second-order valence-corrected chi connectivity index (χ2v) is 20.0. The first-order valence-electron chi connectivity index (χ1n) is 26.2. The van der Waals surface area contributed by atoms with Crippen molar-refractivity contribution in [2.75, 3.05) is 4.90 Å². The molecule has 1 nitrogen and oxygen atoms in total. The number of fused-ring (bicyclic) bond motifs is 4. The van der Waals surface area contributed by atoms with E-state index < -0.39 is 0 Å². The second-order valence-electron chi connectivity index (χ2n) is 20.0. The van der Waals surface area contributed by atoms with Crippen LogP contribution in [0.1, 0.15) is 73.1 Å². The summed E-state index contributed by atoms with van der Waals surface area (Å²) in [7, 11) is 0. The van der Waals surface area contributed by atoms with Gasteiger partial charge in [0, 0.05) is 16.8 Å². The Morgan fingerprint density at radius 3 is 1.76 bits per heavy atom. The van der Waals surface area contributed by atoms with E-state index in [-0.39, 0.29) is 5.41 Å². The molecule has 0 spiro atoms. The van der Waals surface area contributed by atoms with E-state index in [1.54, 1.807) is 0 Å². The number of nitrogens with zero attached hydrogens (tertiary/aromatic N) is 1. The van der Waals surface area contributed by atoms with Gasteiger partial charge < -0.3 is 4.90 Å². The van der Waals surface area contributed by atoms with Gasteiger partial charge in [0.15, 0.2) is 0 Å². The molecule has 0 aromatic heterocycles. The lowest BCUT2D eigenvalue weighted by Gasteiger charge is -2.37. The van der Waals surface area contributed by atoms with Crippen LogP contribution in [0.25, 0.3) is 66.4 Å². The van der Waals surface area contributed by atoms with Gasteiger partial charge in [-0.3, -0.25) is 0 Å². The average molecular weight is 924 g/mol. The molecular formula is C71H57N. The van der Waals surface area contributed by atoms with E-state index in [9.17, 15) is 0 Å². The largest absolute Gasteiger partial charge is 0.309 e. The van der Waals surface area contributed by atoms with Gasteiger partial charge in [0.1, 0.15) is 0 Å². The van der Waals surface area contributed by atoms with Crippen LogP contribution < -0.4 is 4.90 Å². The molecule has 0 saturated heterocycles. The van der Waals surface area contributed by atoms with Crippen LogP contribution in [0.3, 0.4) is 0 Å². The number of hydrogen-bond acceptors (Lipinski definition) is 1. The zero-order valence-electron chi connectivity index (χ0n) is 40.7. The molecule has 10 aromatic rings. The van der Waals surface area contributed by atoms with E-state index >= 15 is 0 Å². The van der Waals surface area contributed by atoms with Crippen LogP contribution >= 0.6 is 0 Å². The van der Waals surface area contributed by atoms with Crippen LogP contribution in [0.4, 0.5) is 17.1 Å². The lowest BCUT2D eigenvalue weighted by molar-refractivity contribution is 0.445. The molecule has 346 valence electrons. The maximum absolute atomic E-state index is 2.53. The van der Waals surface area contributed by atoms with Crippen molar-refractivity contribution in [1.82, 2.24) is 0 Å². The molecule has 3 aliphatic rings. The van der Waals surface area contributed by atoms with Gasteiger partial charge in [-0.25, -0.2) is 0 Å². The van der Waals surface area contributed by atoms with Crippen molar-refractivity contribution in [3.8, 4) is 55.6 Å². The van der Waals surface area contributed by atoms with Crippen LogP contribution in [0.5, 0.6) is 0 Å². The molecule has 0 aliphatic heterocycles. The molecule has 3 aliphatic carbocycles. The number of hydrogen-bond donors (Lipinski definition) is 0. The molecule has 13 rings (SSSR count). The van der Waals surface area contributed by atoms with Crippen LogP contribution in [0.15, 0.2) is 260 Å². The third-order valence-corrected chi connectivity index (χ3v) is 16.1. The summed E-state index contributed by atoms with van der Waals surface area (Å²) in [6.07, 6.45) is 15.5. The normalized spacial score (nSPS) is 16.2. The Hall–Kier alpha value is -8.26. The highest BCUT2D eigenvalue weighted by molar-refractivity contribution is 6.04. The molecule has 1 heteroatoms. The van der Waals surface area contributed by atoms with Crippen molar-refractivity contribution < 1.29 is 0 Å². The summed E-state index contributed by atoms with van der Waals surface area (Å²) in [5.41, 5.74) is 22.3. The minimum absolute atomic E-state index is 0.382. The maximum Gasteiger partial charge on any atom is 0.0676 e. The van der Waals surface area contributed by atoms with Gasteiger partial charge in [-0.15, -0.1) is 0 Å². The summed E-state index contributed by atoms with van der Waals surface area (Å²) < 4.78 is 0. The third-order valence-electron chi connectivity index (χ3n) is 16.1. The van der Waals surface area contributed by atoms with E-state index in [0.717, 1.165) is 29.9 Å². The molecule has 0 N–H and O–H groups in total. The second kappa shape index (κ2) is 18.8. The molecule has 0 bridgehead atoms. The van der Waals surface area contributed by atoms with E-state index in [1.165, 1.54) is 126 Å². The lowest BCUT2D eigenvalue weighted by atomic mass is 9.65. The van der Waals surface area contributed by atoms with Gasteiger partial charge in [0.2, 0.25) is 0 Å². The Bertz CT molecular complexity index is 3650. The Kier molecular flexibility index (Phi) is 11.4. The van der Waals surface area contributed by atoms with E-state index in [2.05, 4.69) is 260 Å². The molecule has 0 heterocycles. The summed E-state index contributed by atoms with van der Waals surface area (Å²) in [5, 5.41) is 2.70. The predicted octanol–water partition coefficient (Wildman–Crippen LogP) is 19.6. The molecule has 10 aromatic carbocycles. The van der Waals surface area contributed by atoms with Crippen molar-refractivity contribution in [2.45, 2.75) is 56.3 Å². The SMILES string of the molecule is C1=CCCC(C2(c3ccccc3)c3ccccc3-c3ccc(-c4ccc(N(c5ccc(-c6ccccc6)cc5-c5ccccc5)c5ccccc5-c5cccc6cccc(C7CCCCC7)c56)cc4)cc32)=C1. The van der Waals surface area contributed by atoms with Gasteiger partial charge in [-0.05, 0) is 146 Å². The Labute approximate surface area is 425 Å². The Balaban J connectivity index is 1.00. The van der Waals surface area contributed by atoms with Gasteiger partial charge in [0.05, 0.1) is 16.8 Å². The summed E-state index contributed by atoms with van der Waals surface area (Å²) in [6.45, 7) is 0. The predicted molar refractivity (Wildman–Crippen MR) is 304 cm³/mol. The maximum atomic E-state index is 2.53. The molecule has 0 amide bonds. The average Bonchev–Trinajstić information content (AvgIpc) is 3.77. The summed E-state index contributed by atoms with van der Waals surface area (Å²) in [5.74, 6) is 0.567. The van der Waals surface area contributed by atoms with E-state index in [1.807, 2.05) is 0 Å². The quantitative estimate of drug-likeness (QED) is 0.132. The molecule has 1 unspecified atom stereocenters. The van der Waals surface area contributed by atoms with Gasteiger partial charge >= 0.3 is 0 Å². The van der Waals surface area contributed by atoms with Gasteiger partial charge in [0.25, 0.3) is 0 Å². The van der Waals surface area contributed by atoms with Crippen LogP contribution in [0, 0.1) is 0 Å². The lowest BCUT2D eigenvalue weighted by Crippen LogP contribution is -2.30. The zero-order chi connectivity index (χ0) is 47.8. The van der Waals surface area contributed by atoms with Crippen molar-refractivity contribution in [2.24, 2.45) is 0 Å². The smallest absolute Gasteiger partial charge is 0.0676 e. The number of benzene rings is 10. The monoisotopic (exact) mass is 923 g/mol. The van der Waals surface area contributed by atoms with Crippen molar-refractivity contribution >= 4 is 27.8 Å². The number of para-hydroxylation sites is 1. The van der Waals surface area contributed by atoms with E-state index in [0.29, 0.717) is 5.92 Å². The Morgan fingerprint density at radius 2 is 1.00 bits per heavy atom. The highest BCUT2D eigenvalue weighted by Gasteiger charge is 2.47. The van der Waals surface area contributed by atoms with Crippen molar-refractivity contribution in [1.29, 1.82) is 0 Å². The zero-order valence-corrected chi connectivity index (χ0v) is 40.7. The number of rotatable bonds is 10. The molecule has 0 radical (unpaired) electrons. The highest BCUT2D eigenvalue weighted by atomic mass is 15.1. The molecule has 1 saturated carbocycles. The third kappa shape index (κ3) is 7.55. The highest BCUT2D eigenvalue weighted by Crippen LogP contribution is 2.58. The number of anilines is 3. The van der Waals surface area contributed by atoms with Crippen LogP contribution in [-0.2, 0) is 5.41 Å². The fourth-order valence-corrected chi connectivity index (χ4v) is 12.8. The first-order valence-corrected chi connectivity index (χ1v) is 26.2. The first kappa shape index (κ1) is 43.7. The summed E-state index contributed by atoms with van der Waals surface area (Å²) in [6, 6.07) is 88.8. The van der Waals surface area contributed by atoms with Crippen LogP contribution in [0.2, 0.25) is 0 Å². The van der Waals surface area contributed by atoms with Crippen molar-refractivity contribution in [3.63, 3.8) is 0 Å². The van der Waals surface area contributed by atoms with E-state index in [4.69, 9.17) is 0 Å². The standard InChI is InChI=1S/C71H57N/c1-6-22-50(23-7-1)55-43-47-69(65(48-55)53-26-10-3-11-27-53)72(68-39-19-17-35-63(68)64-37-21-29-54-28-20-36-60(70(54)64)52-24-8-2-9-25-52)59-44-40-51(41-45-59)56-42-46-62-61-34-16-18-38-66(61)71(67(62)49-56,57-30-12-4-13-31-57)58-32-14-5-15-33-58/h1,3-7,10-14,16-23,26-32,34-49,52H,2,8-9,15,24-25,33H2. The first-order chi connectivity index (χ1) is 35.7. The van der Waals surface area contributed by atoms with Crippen LogP contribution in [-0.4, -0.2) is 0 Å². The minimum atomic E-state index is -0.382. The molecule has 1 atom stereocenters. The molecular weight excluding hydrogens is 867 g/mol. The number of allylic oxidation sites excluding steroid dienone is 4. The molecule has 1 fully saturated rings. The summed E-state index contributed by atoms with van der Waals surface area (Å²) in [4.78, 5) is 2.53. The fraction of sp³-hybridized carbons (Fsp3) is 0.127. The molecule has 72 heavy (non-hydrogen) atoms. The minimum Gasteiger partial charge on any atom is -0.309 e. The summed E-state index contributed by atoms with van der Waals surface area (Å²) >= 11 is 0. The topological polar surface area (TPSA) is 3.24 Å². The fourth-order valence-electron chi connectivity index (χ4n) is 12.8.